The second kappa shape index (κ2) is 6.57. The van der Waals surface area contributed by atoms with E-state index >= 15 is 0 Å². The van der Waals surface area contributed by atoms with Crippen LogP contribution in [-0.2, 0) is 12.6 Å². The molecule has 1 aromatic heterocycles. The van der Waals surface area contributed by atoms with Crippen LogP contribution in [0.3, 0.4) is 0 Å². The first-order valence-corrected chi connectivity index (χ1v) is 8.51. The first-order chi connectivity index (χ1) is 12.9. The van der Waals surface area contributed by atoms with E-state index in [2.05, 4.69) is 22.5 Å². The lowest BCUT2D eigenvalue weighted by Gasteiger charge is -2.30. The van der Waals surface area contributed by atoms with Gasteiger partial charge in [-0.3, -0.25) is 4.79 Å². The van der Waals surface area contributed by atoms with Gasteiger partial charge in [-0.2, -0.15) is 18.3 Å². The average molecular weight is 371 g/mol. The van der Waals surface area contributed by atoms with Crippen molar-refractivity contribution < 1.29 is 18.0 Å². The number of rotatable bonds is 4. The molecule has 1 aliphatic carbocycles. The Morgan fingerprint density at radius 2 is 1.85 bits per heavy atom. The first kappa shape index (κ1) is 17.3. The topological polar surface area (TPSA) is 46.9 Å². The van der Waals surface area contributed by atoms with Crippen molar-refractivity contribution in [3.63, 3.8) is 0 Å². The SMILES string of the molecule is O=C(NCC1Cc2ccccc21)c1ccc(-n2ccc(C(F)(F)F)n2)cc1. The van der Waals surface area contributed by atoms with Crippen molar-refractivity contribution in [3.8, 4) is 5.69 Å². The highest BCUT2D eigenvalue weighted by Crippen LogP contribution is 2.34. The maximum atomic E-state index is 12.6. The zero-order valence-electron chi connectivity index (χ0n) is 14.2. The number of halogens is 3. The molecule has 3 aromatic rings. The van der Waals surface area contributed by atoms with Crippen LogP contribution in [0.2, 0.25) is 0 Å². The molecular weight excluding hydrogens is 355 g/mol. The average Bonchev–Trinajstić information content (AvgIpc) is 3.13. The van der Waals surface area contributed by atoms with Crippen molar-refractivity contribution in [1.82, 2.24) is 15.1 Å². The molecule has 0 bridgehead atoms. The van der Waals surface area contributed by atoms with E-state index in [9.17, 15) is 18.0 Å². The number of carbonyl (C=O) groups is 1. The smallest absolute Gasteiger partial charge is 0.351 e. The van der Waals surface area contributed by atoms with E-state index in [0.29, 0.717) is 23.7 Å². The Labute approximate surface area is 153 Å². The number of alkyl halides is 3. The molecule has 0 saturated carbocycles. The van der Waals surface area contributed by atoms with E-state index in [1.807, 2.05) is 12.1 Å². The molecule has 138 valence electrons. The number of amides is 1. The molecule has 7 heteroatoms. The summed E-state index contributed by atoms with van der Waals surface area (Å²) >= 11 is 0. The number of carbonyl (C=O) groups excluding carboxylic acids is 1. The molecule has 1 atom stereocenters. The van der Waals surface area contributed by atoms with Crippen LogP contribution in [-0.4, -0.2) is 22.2 Å². The Hall–Kier alpha value is -3.09. The summed E-state index contributed by atoms with van der Waals surface area (Å²) in [6.45, 7) is 0.561. The molecule has 1 aliphatic rings. The molecule has 4 rings (SSSR count). The minimum Gasteiger partial charge on any atom is -0.351 e. The Morgan fingerprint density at radius 1 is 1.11 bits per heavy atom. The fourth-order valence-corrected chi connectivity index (χ4v) is 3.25. The molecule has 1 unspecified atom stereocenters. The van der Waals surface area contributed by atoms with E-state index in [1.54, 1.807) is 24.3 Å². The van der Waals surface area contributed by atoms with Crippen LogP contribution in [0.15, 0.2) is 60.8 Å². The number of nitrogens with zero attached hydrogens (tertiary/aromatic N) is 2. The lowest BCUT2D eigenvalue weighted by molar-refractivity contribution is -0.141. The number of benzene rings is 2. The van der Waals surface area contributed by atoms with E-state index in [4.69, 9.17) is 0 Å². The fraction of sp³-hybridized carbons (Fsp3) is 0.200. The third-order valence-electron chi connectivity index (χ3n) is 4.74. The van der Waals surface area contributed by atoms with Crippen LogP contribution in [0.25, 0.3) is 5.69 Å². The molecular formula is C20H16F3N3O. The van der Waals surface area contributed by atoms with E-state index < -0.39 is 11.9 Å². The minimum absolute atomic E-state index is 0.206. The van der Waals surface area contributed by atoms with Gasteiger partial charge in [0.2, 0.25) is 0 Å². The summed E-state index contributed by atoms with van der Waals surface area (Å²) in [6, 6.07) is 15.4. The Kier molecular flexibility index (Phi) is 4.22. The number of aromatic nitrogens is 2. The van der Waals surface area contributed by atoms with Crippen LogP contribution in [0, 0.1) is 0 Å². The summed E-state index contributed by atoms with van der Waals surface area (Å²) in [6.07, 6.45) is -2.28. The second-order valence-corrected chi connectivity index (χ2v) is 6.50. The van der Waals surface area contributed by atoms with E-state index in [1.165, 1.54) is 17.3 Å². The van der Waals surface area contributed by atoms with Gasteiger partial charge < -0.3 is 5.32 Å². The van der Waals surface area contributed by atoms with Crippen molar-refractivity contribution in [2.75, 3.05) is 6.54 Å². The molecule has 0 aliphatic heterocycles. The monoisotopic (exact) mass is 371 g/mol. The number of fused-ring (bicyclic) bond motifs is 1. The summed E-state index contributed by atoms with van der Waals surface area (Å²) in [4.78, 5) is 12.3. The van der Waals surface area contributed by atoms with Gasteiger partial charge >= 0.3 is 6.18 Å². The van der Waals surface area contributed by atoms with E-state index in [-0.39, 0.29) is 5.91 Å². The van der Waals surface area contributed by atoms with Crippen LogP contribution in [0.1, 0.15) is 33.1 Å². The van der Waals surface area contributed by atoms with Gasteiger partial charge in [-0.25, -0.2) is 4.68 Å². The maximum absolute atomic E-state index is 12.6. The van der Waals surface area contributed by atoms with Gasteiger partial charge in [0.1, 0.15) is 0 Å². The quantitative estimate of drug-likeness (QED) is 0.755. The molecule has 27 heavy (non-hydrogen) atoms. The minimum atomic E-state index is -4.48. The van der Waals surface area contributed by atoms with Gasteiger partial charge in [-0.1, -0.05) is 24.3 Å². The lowest BCUT2D eigenvalue weighted by Crippen LogP contribution is -2.33. The lowest BCUT2D eigenvalue weighted by atomic mass is 9.77. The molecule has 0 saturated heterocycles. The number of hydrogen-bond acceptors (Lipinski definition) is 2. The molecule has 4 nitrogen and oxygen atoms in total. The predicted molar refractivity (Wildman–Crippen MR) is 93.8 cm³/mol. The Bertz CT molecular complexity index is 977. The molecule has 0 fully saturated rings. The summed E-state index contributed by atoms with van der Waals surface area (Å²) < 4.78 is 39.0. The third kappa shape index (κ3) is 3.45. The largest absolute Gasteiger partial charge is 0.435 e. The van der Waals surface area contributed by atoms with Gasteiger partial charge in [0.05, 0.1) is 5.69 Å². The van der Waals surface area contributed by atoms with Crippen LogP contribution >= 0.6 is 0 Å². The molecule has 1 heterocycles. The molecule has 2 aromatic carbocycles. The van der Waals surface area contributed by atoms with Crippen LogP contribution in [0.4, 0.5) is 13.2 Å². The van der Waals surface area contributed by atoms with Gasteiger partial charge in [0.15, 0.2) is 5.69 Å². The molecule has 1 N–H and O–H groups in total. The number of nitrogens with one attached hydrogen (secondary N) is 1. The highest BCUT2D eigenvalue weighted by atomic mass is 19.4. The highest BCUT2D eigenvalue weighted by molar-refractivity contribution is 5.94. The van der Waals surface area contributed by atoms with Crippen molar-refractivity contribution in [1.29, 1.82) is 0 Å². The zero-order valence-corrected chi connectivity index (χ0v) is 14.2. The van der Waals surface area contributed by atoms with Crippen molar-refractivity contribution in [2.45, 2.75) is 18.5 Å². The van der Waals surface area contributed by atoms with Gasteiger partial charge in [-0.05, 0) is 47.9 Å². The third-order valence-corrected chi connectivity index (χ3v) is 4.74. The fourth-order valence-electron chi connectivity index (χ4n) is 3.25. The van der Waals surface area contributed by atoms with Crippen LogP contribution < -0.4 is 5.32 Å². The van der Waals surface area contributed by atoms with Gasteiger partial charge in [-0.15, -0.1) is 0 Å². The van der Waals surface area contributed by atoms with Crippen molar-refractivity contribution >= 4 is 5.91 Å². The molecule has 0 radical (unpaired) electrons. The highest BCUT2D eigenvalue weighted by Gasteiger charge is 2.33. The van der Waals surface area contributed by atoms with Crippen LogP contribution in [0.5, 0.6) is 0 Å². The predicted octanol–water partition coefficient (Wildman–Crippen LogP) is 3.96. The maximum Gasteiger partial charge on any atom is 0.435 e. The van der Waals surface area contributed by atoms with Crippen molar-refractivity contribution in [2.24, 2.45) is 0 Å². The summed E-state index contributed by atoms with van der Waals surface area (Å²) in [5, 5.41) is 6.43. The van der Waals surface area contributed by atoms with E-state index in [0.717, 1.165) is 17.2 Å². The normalized spacial score (nSPS) is 15.7. The Morgan fingerprint density at radius 3 is 2.52 bits per heavy atom. The van der Waals surface area contributed by atoms with Crippen molar-refractivity contribution in [3.05, 3.63) is 83.2 Å². The molecule has 0 spiro atoms. The number of hydrogen-bond donors (Lipinski definition) is 1. The Balaban J connectivity index is 1.39. The zero-order chi connectivity index (χ0) is 19.0. The first-order valence-electron chi connectivity index (χ1n) is 8.51. The summed E-state index contributed by atoms with van der Waals surface area (Å²) in [7, 11) is 0. The second-order valence-electron chi connectivity index (χ2n) is 6.50. The van der Waals surface area contributed by atoms with Gasteiger partial charge in [0.25, 0.3) is 5.91 Å². The summed E-state index contributed by atoms with van der Waals surface area (Å²) in [5.74, 6) is 0.122. The summed E-state index contributed by atoms with van der Waals surface area (Å²) in [5.41, 5.74) is 2.54. The standard InChI is InChI=1S/C20H16F3N3O/c21-20(22,23)18-9-10-26(25-18)16-7-5-13(6-8-16)19(27)24-12-15-11-14-3-1-2-4-17(14)15/h1-10,15H,11-12H2,(H,24,27). The molecule has 1 amide bonds. The van der Waals surface area contributed by atoms with Gasteiger partial charge in [0, 0.05) is 24.2 Å².